The number of nitrogens with two attached hydrogens (primary N) is 1. The highest BCUT2D eigenvalue weighted by Gasteiger charge is 2.39. The Morgan fingerprint density at radius 3 is 2.76 bits per heavy atom. The molecule has 1 amide bonds. The second kappa shape index (κ2) is 5.56. The Hall–Kier alpha value is -0.990. The van der Waals surface area contributed by atoms with Crippen molar-refractivity contribution < 1.29 is 9.53 Å². The largest absolute Gasteiger partial charge is 0.442 e. The van der Waals surface area contributed by atoms with Gasteiger partial charge < -0.3 is 10.5 Å². The highest BCUT2D eigenvalue weighted by molar-refractivity contribution is 5.65. The first kappa shape index (κ1) is 12.5. The van der Waals surface area contributed by atoms with Gasteiger partial charge in [-0.2, -0.15) is 0 Å². The molecule has 3 nitrogen and oxygen atoms in total. The Morgan fingerprint density at radius 2 is 2.00 bits per heavy atom. The van der Waals surface area contributed by atoms with Gasteiger partial charge in [-0.25, -0.2) is 4.79 Å². The summed E-state index contributed by atoms with van der Waals surface area (Å²) in [6, 6.07) is 0. The normalized spacial score (nSPS) is 39.6. The van der Waals surface area contributed by atoms with E-state index < -0.39 is 6.09 Å². The minimum Gasteiger partial charge on any atom is -0.442 e. The van der Waals surface area contributed by atoms with E-state index in [1.807, 2.05) is 6.08 Å². The highest BCUT2D eigenvalue weighted by atomic mass is 16.6. The summed E-state index contributed by atoms with van der Waals surface area (Å²) in [6.45, 7) is 2.26. The van der Waals surface area contributed by atoms with Crippen molar-refractivity contribution in [1.29, 1.82) is 0 Å². The average Bonchev–Trinajstić information content (AvgIpc) is 3.02. The summed E-state index contributed by atoms with van der Waals surface area (Å²) in [5, 5.41) is 0. The Kier molecular flexibility index (Phi) is 4.08. The first-order chi connectivity index (χ1) is 8.16. The van der Waals surface area contributed by atoms with E-state index in [9.17, 15) is 4.79 Å². The molecule has 3 heteroatoms. The maximum atomic E-state index is 10.8. The molecule has 0 radical (unpaired) electrons. The maximum Gasteiger partial charge on any atom is 0.405 e. The van der Waals surface area contributed by atoms with Crippen molar-refractivity contribution in [1.82, 2.24) is 0 Å². The van der Waals surface area contributed by atoms with Crippen molar-refractivity contribution in [3.05, 3.63) is 12.2 Å². The molecular weight excluding hydrogens is 214 g/mol. The molecule has 2 N–H and O–H groups in total. The van der Waals surface area contributed by atoms with E-state index in [0.29, 0.717) is 5.92 Å². The number of allylic oxidation sites excluding steroid dienone is 1. The quantitative estimate of drug-likeness (QED) is 0.712. The van der Waals surface area contributed by atoms with Crippen LogP contribution in [0.25, 0.3) is 0 Å². The lowest BCUT2D eigenvalue weighted by molar-refractivity contribution is 0.123. The standard InChI is InChI=1S/C14H23NO2/c1-10-7-8-12(17-14(15)16)6-4-2-3-5-11-9-13(10)11/h7-8,10-13H,2-6,9H2,1H3,(H2,15,16)/b8-7-/t10-,11?,12?,13-/m1/s1. The van der Waals surface area contributed by atoms with Crippen LogP contribution in [0.15, 0.2) is 12.2 Å². The lowest BCUT2D eigenvalue weighted by Crippen LogP contribution is -2.21. The molecule has 1 fully saturated rings. The molecule has 4 atom stereocenters. The molecule has 0 aromatic rings. The number of carbonyl (C=O) groups is 1. The van der Waals surface area contributed by atoms with Crippen LogP contribution in [-0.4, -0.2) is 12.2 Å². The molecule has 2 aliphatic carbocycles. The van der Waals surface area contributed by atoms with Gasteiger partial charge in [-0.05, 0) is 43.1 Å². The number of amides is 1. The van der Waals surface area contributed by atoms with E-state index in [1.165, 1.54) is 25.7 Å². The van der Waals surface area contributed by atoms with Crippen LogP contribution in [0.2, 0.25) is 0 Å². The average molecular weight is 237 g/mol. The van der Waals surface area contributed by atoms with Crippen LogP contribution in [0.5, 0.6) is 0 Å². The molecule has 1 saturated carbocycles. The molecule has 0 spiro atoms. The molecule has 0 heterocycles. The molecular formula is C14H23NO2. The maximum absolute atomic E-state index is 10.8. The van der Waals surface area contributed by atoms with E-state index in [1.54, 1.807) is 0 Å². The summed E-state index contributed by atoms with van der Waals surface area (Å²) in [7, 11) is 0. The van der Waals surface area contributed by atoms with Crippen LogP contribution < -0.4 is 5.73 Å². The number of carbonyl (C=O) groups excluding carboxylic acids is 1. The van der Waals surface area contributed by atoms with Crippen LogP contribution >= 0.6 is 0 Å². The Morgan fingerprint density at radius 1 is 1.24 bits per heavy atom. The van der Waals surface area contributed by atoms with Gasteiger partial charge in [0.1, 0.15) is 6.10 Å². The summed E-state index contributed by atoms with van der Waals surface area (Å²) >= 11 is 0. The topological polar surface area (TPSA) is 52.3 Å². The van der Waals surface area contributed by atoms with Gasteiger partial charge in [-0.3, -0.25) is 0 Å². The van der Waals surface area contributed by atoms with E-state index in [2.05, 4.69) is 13.0 Å². The molecule has 0 aromatic heterocycles. The van der Waals surface area contributed by atoms with Gasteiger partial charge in [0, 0.05) is 0 Å². The fourth-order valence-corrected chi connectivity index (χ4v) is 2.96. The lowest BCUT2D eigenvalue weighted by Gasteiger charge is -2.13. The summed E-state index contributed by atoms with van der Waals surface area (Å²) in [4.78, 5) is 10.8. The van der Waals surface area contributed by atoms with Crippen molar-refractivity contribution in [2.24, 2.45) is 23.5 Å². The van der Waals surface area contributed by atoms with Gasteiger partial charge in [0.05, 0.1) is 0 Å². The number of primary amides is 1. The number of hydrogen-bond donors (Lipinski definition) is 1. The summed E-state index contributed by atoms with van der Waals surface area (Å²) in [5.41, 5.74) is 5.09. The van der Waals surface area contributed by atoms with E-state index >= 15 is 0 Å². The summed E-state index contributed by atoms with van der Waals surface area (Å²) < 4.78 is 5.11. The SMILES string of the molecule is C[C@@H]1/C=C\C(OC(N)=O)CCCCCC2C[C@@H]21. The Bertz CT molecular complexity index is 301. The Balaban J connectivity index is 1.94. The van der Waals surface area contributed by atoms with Crippen LogP contribution in [0, 0.1) is 17.8 Å². The van der Waals surface area contributed by atoms with Crippen LogP contribution in [0.3, 0.4) is 0 Å². The van der Waals surface area contributed by atoms with Crippen LogP contribution in [0.4, 0.5) is 4.79 Å². The third-order valence-electron chi connectivity index (χ3n) is 4.11. The van der Waals surface area contributed by atoms with Gasteiger partial charge >= 0.3 is 6.09 Å². The Labute approximate surface area is 103 Å². The molecule has 0 aliphatic heterocycles. The van der Waals surface area contributed by atoms with E-state index in [-0.39, 0.29) is 6.10 Å². The van der Waals surface area contributed by atoms with Gasteiger partial charge in [0.2, 0.25) is 0 Å². The highest BCUT2D eigenvalue weighted by Crippen LogP contribution is 2.48. The smallest absolute Gasteiger partial charge is 0.405 e. The number of fused-ring (bicyclic) bond motifs is 1. The fourth-order valence-electron chi connectivity index (χ4n) is 2.96. The predicted molar refractivity (Wildman–Crippen MR) is 67.4 cm³/mol. The van der Waals surface area contributed by atoms with E-state index in [0.717, 1.165) is 24.7 Å². The van der Waals surface area contributed by atoms with Crippen LogP contribution in [-0.2, 0) is 4.74 Å². The lowest BCUT2D eigenvalue weighted by atomic mass is 10.0. The zero-order chi connectivity index (χ0) is 12.3. The zero-order valence-electron chi connectivity index (χ0n) is 10.6. The monoisotopic (exact) mass is 237 g/mol. The minimum absolute atomic E-state index is 0.120. The zero-order valence-corrected chi connectivity index (χ0v) is 10.6. The second-order valence-electron chi connectivity index (χ2n) is 5.52. The van der Waals surface area contributed by atoms with Crippen molar-refractivity contribution in [3.63, 3.8) is 0 Å². The molecule has 0 bridgehead atoms. The van der Waals surface area contributed by atoms with Gasteiger partial charge in [0.25, 0.3) is 0 Å². The van der Waals surface area contributed by atoms with Crippen molar-refractivity contribution >= 4 is 6.09 Å². The molecule has 96 valence electrons. The van der Waals surface area contributed by atoms with Gasteiger partial charge in [-0.15, -0.1) is 0 Å². The predicted octanol–water partition coefficient (Wildman–Crippen LogP) is 3.24. The number of rotatable bonds is 1. The van der Waals surface area contributed by atoms with Crippen LogP contribution in [0.1, 0.15) is 45.4 Å². The summed E-state index contributed by atoms with van der Waals surface area (Å²) in [5.74, 6) is 2.42. The molecule has 0 aromatic carbocycles. The third kappa shape index (κ3) is 3.76. The van der Waals surface area contributed by atoms with E-state index in [4.69, 9.17) is 10.5 Å². The molecule has 2 rings (SSSR count). The van der Waals surface area contributed by atoms with Gasteiger partial charge in [-0.1, -0.05) is 32.3 Å². The summed E-state index contributed by atoms with van der Waals surface area (Å²) in [6.07, 6.45) is 10.8. The molecule has 2 unspecified atom stereocenters. The fraction of sp³-hybridized carbons (Fsp3) is 0.786. The van der Waals surface area contributed by atoms with Crippen molar-refractivity contribution in [2.45, 2.75) is 51.6 Å². The second-order valence-corrected chi connectivity index (χ2v) is 5.52. The number of hydrogen-bond acceptors (Lipinski definition) is 2. The minimum atomic E-state index is -0.661. The van der Waals surface area contributed by atoms with Gasteiger partial charge in [0.15, 0.2) is 0 Å². The first-order valence-corrected chi connectivity index (χ1v) is 6.81. The van der Waals surface area contributed by atoms with Crippen molar-refractivity contribution in [2.75, 3.05) is 0 Å². The number of ether oxygens (including phenoxy) is 1. The third-order valence-corrected chi connectivity index (χ3v) is 4.11. The van der Waals surface area contributed by atoms with Crippen molar-refractivity contribution in [3.8, 4) is 0 Å². The molecule has 2 aliphatic rings. The molecule has 17 heavy (non-hydrogen) atoms. The molecule has 0 saturated heterocycles. The first-order valence-electron chi connectivity index (χ1n) is 6.81.